The van der Waals surface area contributed by atoms with E-state index in [0.717, 1.165) is 28.6 Å². The lowest BCUT2D eigenvalue weighted by Crippen LogP contribution is -2.38. The quantitative estimate of drug-likeness (QED) is 0.529. The van der Waals surface area contributed by atoms with Crippen LogP contribution in [0.1, 0.15) is 16.7 Å². The average Bonchev–Trinajstić information content (AvgIpc) is 2.67. The Kier molecular flexibility index (Phi) is 6.73. The van der Waals surface area contributed by atoms with Crippen molar-refractivity contribution in [1.29, 1.82) is 0 Å². The van der Waals surface area contributed by atoms with Crippen LogP contribution < -0.4 is 15.6 Å². The topological polar surface area (TPSA) is 94.7 Å². The maximum absolute atomic E-state index is 12.7. The van der Waals surface area contributed by atoms with E-state index >= 15 is 0 Å². The zero-order valence-electron chi connectivity index (χ0n) is 17.4. The fourth-order valence-electron chi connectivity index (χ4n) is 3.40. The number of benzene rings is 2. The summed E-state index contributed by atoms with van der Waals surface area (Å²) in [5, 5.41) is 12.6. The lowest BCUT2D eigenvalue weighted by molar-refractivity contribution is -0.274. The number of rotatable bonds is 6. The van der Waals surface area contributed by atoms with Gasteiger partial charge >= 0.3 is 12.4 Å². The number of pyridine rings is 1. The minimum atomic E-state index is -4.86. The minimum Gasteiger partial charge on any atom is -0.406 e. The molecule has 0 atom stereocenters. The van der Waals surface area contributed by atoms with Crippen LogP contribution in [0, 0.1) is 13.8 Å². The number of aromatic nitrogens is 1. The molecule has 0 aliphatic heterocycles. The SMILES string of the molecule is Cc1cc(C)c2[nH]c(=O)c(CN(CCO)C(=O)Nc3cccc(OC(F)(F)F)c3)cc2c1. The molecule has 0 unspecified atom stereocenters. The molecule has 1 heterocycles. The molecule has 0 saturated carbocycles. The number of hydrogen-bond acceptors (Lipinski definition) is 4. The Bertz CT molecular complexity index is 1190. The van der Waals surface area contributed by atoms with E-state index in [-0.39, 0.29) is 30.9 Å². The van der Waals surface area contributed by atoms with Gasteiger partial charge in [0.15, 0.2) is 0 Å². The van der Waals surface area contributed by atoms with E-state index in [9.17, 15) is 27.9 Å². The van der Waals surface area contributed by atoms with Gasteiger partial charge in [-0.15, -0.1) is 13.2 Å². The summed E-state index contributed by atoms with van der Waals surface area (Å²) < 4.78 is 41.1. The number of alkyl halides is 3. The number of aromatic amines is 1. The van der Waals surface area contributed by atoms with Gasteiger partial charge in [0, 0.05) is 23.9 Å². The molecule has 0 radical (unpaired) electrons. The highest BCUT2D eigenvalue weighted by molar-refractivity contribution is 5.89. The number of amides is 2. The second kappa shape index (κ2) is 9.31. The summed E-state index contributed by atoms with van der Waals surface area (Å²) in [6.45, 7) is 3.25. The first-order valence-corrected chi connectivity index (χ1v) is 9.71. The Morgan fingerprint density at radius 1 is 1.19 bits per heavy atom. The molecule has 0 aliphatic carbocycles. The van der Waals surface area contributed by atoms with Gasteiger partial charge in [0.25, 0.3) is 5.56 Å². The van der Waals surface area contributed by atoms with E-state index in [1.54, 1.807) is 6.07 Å². The van der Waals surface area contributed by atoms with Crippen LogP contribution in [-0.4, -0.2) is 40.5 Å². The smallest absolute Gasteiger partial charge is 0.406 e. The zero-order valence-corrected chi connectivity index (χ0v) is 17.4. The third-order valence-corrected chi connectivity index (χ3v) is 4.71. The first-order valence-electron chi connectivity index (χ1n) is 9.71. The molecule has 0 aliphatic rings. The fourth-order valence-corrected chi connectivity index (χ4v) is 3.40. The number of urea groups is 1. The second-order valence-corrected chi connectivity index (χ2v) is 7.32. The number of anilines is 1. The Morgan fingerprint density at radius 3 is 2.62 bits per heavy atom. The first kappa shape index (κ1) is 23.1. The van der Waals surface area contributed by atoms with Crippen molar-refractivity contribution in [2.45, 2.75) is 26.8 Å². The van der Waals surface area contributed by atoms with E-state index in [0.29, 0.717) is 11.1 Å². The number of carbonyl (C=O) groups excluding carboxylic acids is 1. The van der Waals surface area contributed by atoms with Gasteiger partial charge in [-0.05, 0) is 49.1 Å². The van der Waals surface area contributed by atoms with Crippen molar-refractivity contribution in [3.63, 3.8) is 0 Å². The van der Waals surface area contributed by atoms with E-state index < -0.39 is 18.1 Å². The molecule has 7 nitrogen and oxygen atoms in total. The minimum absolute atomic E-state index is 0.0679. The highest BCUT2D eigenvalue weighted by Crippen LogP contribution is 2.25. The third-order valence-electron chi connectivity index (χ3n) is 4.71. The van der Waals surface area contributed by atoms with E-state index in [1.807, 2.05) is 26.0 Å². The van der Waals surface area contributed by atoms with Gasteiger partial charge in [-0.2, -0.15) is 0 Å². The lowest BCUT2D eigenvalue weighted by atomic mass is 10.1. The van der Waals surface area contributed by atoms with Gasteiger partial charge in [-0.1, -0.05) is 17.7 Å². The molecular formula is C22H22F3N3O4. The summed E-state index contributed by atoms with van der Waals surface area (Å²) in [5.74, 6) is -0.485. The largest absolute Gasteiger partial charge is 0.573 e. The van der Waals surface area contributed by atoms with Crippen LogP contribution in [-0.2, 0) is 6.54 Å². The van der Waals surface area contributed by atoms with E-state index in [4.69, 9.17) is 0 Å². The summed E-state index contributed by atoms with van der Waals surface area (Å²) in [6, 6.07) is 9.67. The number of carbonyl (C=O) groups is 1. The molecule has 0 fully saturated rings. The monoisotopic (exact) mass is 449 g/mol. The molecule has 3 rings (SSSR count). The van der Waals surface area contributed by atoms with Gasteiger partial charge in [0.05, 0.1) is 18.7 Å². The first-order chi connectivity index (χ1) is 15.1. The molecule has 3 N–H and O–H groups in total. The van der Waals surface area contributed by atoms with Gasteiger partial charge in [0.1, 0.15) is 5.75 Å². The Morgan fingerprint density at radius 2 is 1.94 bits per heavy atom. The Labute approximate surface area is 181 Å². The molecule has 2 aromatic carbocycles. The molecule has 1 aromatic heterocycles. The Balaban J connectivity index is 1.83. The average molecular weight is 449 g/mol. The number of hydrogen-bond donors (Lipinski definition) is 3. The maximum Gasteiger partial charge on any atom is 0.573 e. The van der Waals surface area contributed by atoms with Gasteiger partial charge in [0.2, 0.25) is 0 Å². The lowest BCUT2D eigenvalue weighted by Gasteiger charge is -2.22. The molecule has 0 spiro atoms. The van der Waals surface area contributed by atoms with Crippen molar-refractivity contribution >= 4 is 22.6 Å². The van der Waals surface area contributed by atoms with Gasteiger partial charge in [-0.3, -0.25) is 4.79 Å². The summed E-state index contributed by atoms with van der Waals surface area (Å²) >= 11 is 0. The molecule has 0 bridgehead atoms. The van der Waals surface area contributed by atoms with Crippen LogP contribution in [0.15, 0.2) is 47.3 Å². The number of fused-ring (bicyclic) bond motifs is 1. The molecule has 0 saturated heterocycles. The van der Waals surface area contributed by atoms with Crippen molar-refractivity contribution in [3.8, 4) is 5.75 Å². The number of halogens is 3. The molecular weight excluding hydrogens is 427 g/mol. The van der Waals surface area contributed by atoms with Crippen LogP contribution in [0.4, 0.5) is 23.7 Å². The number of aliphatic hydroxyl groups excluding tert-OH is 1. The van der Waals surface area contributed by atoms with Crippen molar-refractivity contribution in [2.75, 3.05) is 18.5 Å². The number of H-pyrrole nitrogens is 1. The molecule has 3 aromatic rings. The predicted molar refractivity (Wildman–Crippen MR) is 114 cm³/mol. The van der Waals surface area contributed by atoms with Crippen molar-refractivity contribution < 1.29 is 27.8 Å². The third kappa shape index (κ3) is 5.79. The summed E-state index contributed by atoms with van der Waals surface area (Å²) in [4.78, 5) is 29.3. The van der Waals surface area contributed by atoms with Crippen LogP contribution in [0.25, 0.3) is 10.9 Å². The molecule has 2 amide bonds. The van der Waals surface area contributed by atoms with Crippen molar-refractivity contribution in [2.24, 2.45) is 0 Å². The number of ether oxygens (including phenoxy) is 1. The predicted octanol–water partition coefficient (Wildman–Crippen LogP) is 4.07. The van der Waals surface area contributed by atoms with Crippen LogP contribution >= 0.6 is 0 Å². The molecule has 10 heteroatoms. The zero-order chi connectivity index (χ0) is 23.5. The molecule has 170 valence electrons. The highest BCUT2D eigenvalue weighted by Gasteiger charge is 2.31. The number of aliphatic hydroxyl groups is 1. The number of aryl methyl sites for hydroxylation is 2. The fraction of sp³-hybridized carbons (Fsp3) is 0.273. The van der Waals surface area contributed by atoms with Crippen LogP contribution in [0.3, 0.4) is 0 Å². The standard InChI is InChI=1S/C22H22F3N3O4/c1-13-8-14(2)19-15(9-13)10-16(20(30)27-19)12-28(6-7-29)21(31)26-17-4-3-5-18(11-17)32-22(23,24)25/h3-5,8-11,29H,6-7,12H2,1-2H3,(H,26,31)(H,27,30). The Hall–Kier alpha value is -3.53. The van der Waals surface area contributed by atoms with Crippen LogP contribution in [0.5, 0.6) is 5.75 Å². The summed E-state index contributed by atoms with van der Waals surface area (Å²) in [7, 11) is 0. The van der Waals surface area contributed by atoms with E-state index in [1.165, 1.54) is 17.0 Å². The van der Waals surface area contributed by atoms with Crippen molar-refractivity contribution in [1.82, 2.24) is 9.88 Å². The van der Waals surface area contributed by atoms with Gasteiger partial charge < -0.3 is 25.0 Å². The van der Waals surface area contributed by atoms with Gasteiger partial charge in [-0.25, -0.2) is 4.79 Å². The van der Waals surface area contributed by atoms with Crippen molar-refractivity contribution in [3.05, 3.63) is 69.5 Å². The second-order valence-electron chi connectivity index (χ2n) is 7.32. The number of nitrogens with one attached hydrogen (secondary N) is 2. The number of nitrogens with zero attached hydrogens (tertiary/aromatic N) is 1. The van der Waals surface area contributed by atoms with Crippen LogP contribution in [0.2, 0.25) is 0 Å². The summed E-state index contributed by atoms with van der Waals surface area (Å²) in [5.41, 5.74) is 2.62. The highest BCUT2D eigenvalue weighted by atomic mass is 19.4. The molecule has 32 heavy (non-hydrogen) atoms. The maximum atomic E-state index is 12.7. The summed E-state index contributed by atoms with van der Waals surface area (Å²) in [6.07, 6.45) is -4.86. The van der Waals surface area contributed by atoms with E-state index in [2.05, 4.69) is 15.0 Å². The normalized spacial score (nSPS) is 11.4.